The Labute approximate surface area is 73.2 Å². The summed E-state index contributed by atoms with van der Waals surface area (Å²) in [5.41, 5.74) is 1.15. The van der Waals surface area contributed by atoms with Crippen LogP contribution in [0.2, 0.25) is 0 Å². The summed E-state index contributed by atoms with van der Waals surface area (Å²) in [5, 5.41) is 2.99. The van der Waals surface area contributed by atoms with Crippen molar-refractivity contribution < 1.29 is 0 Å². The second kappa shape index (κ2) is 3.09. The third-order valence-corrected chi connectivity index (χ3v) is 1.69. The Morgan fingerprint density at radius 2 is 1.92 bits per heavy atom. The molecule has 0 aliphatic heterocycles. The van der Waals surface area contributed by atoms with Crippen LogP contribution in [-0.2, 0) is 5.41 Å². The van der Waals surface area contributed by atoms with Crippen LogP contribution in [0.25, 0.3) is 0 Å². The van der Waals surface area contributed by atoms with Crippen LogP contribution in [0.15, 0.2) is 12.4 Å². The van der Waals surface area contributed by atoms with Crippen molar-refractivity contribution in [3.05, 3.63) is 18.1 Å². The van der Waals surface area contributed by atoms with E-state index >= 15 is 0 Å². The van der Waals surface area contributed by atoms with Crippen molar-refractivity contribution in [1.29, 1.82) is 0 Å². The Hall–Kier alpha value is -1.12. The maximum absolute atomic E-state index is 4.21. The number of hydrogen-bond acceptors (Lipinski definition) is 3. The third kappa shape index (κ3) is 1.94. The summed E-state index contributed by atoms with van der Waals surface area (Å²) in [4.78, 5) is 8.26. The highest BCUT2D eigenvalue weighted by Gasteiger charge is 2.15. The van der Waals surface area contributed by atoms with E-state index in [2.05, 4.69) is 36.1 Å². The first-order chi connectivity index (χ1) is 5.54. The predicted molar refractivity (Wildman–Crippen MR) is 50.3 cm³/mol. The monoisotopic (exact) mass is 165 g/mol. The molecule has 1 rings (SSSR count). The average Bonchev–Trinajstić information content (AvgIpc) is 2.03. The highest BCUT2D eigenvalue weighted by atomic mass is 15.0. The van der Waals surface area contributed by atoms with Crippen molar-refractivity contribution in [1.82, 2.24) is 9.97 Å². The van der Waals surface area contributed by atoms with Crippen LogP contribution in [0.1, 0.15) is 26.5 Å². The SMILES string of the molecule is CNc1cc(C(C)(C)C)ncn1. The normalized spacial score (nSPS) is 11.3. The first-order valence-corrected chi connectivity index (χ1v) is 4.04. The summed E-state index contributed by atoms with van der Waals surface area (Å²) in [7, 11) is 1.86. The molecule has 0 aromatic carbocycles. The fraction of sp³-hybridized carbons (Fsp3) is 0.556. The second-order valence-corrected chi connectivity index (χ2v) is 3.79. The maximum Gasteiger partial charge on any atom is 0.129 e. The van der Waals surface area contributed by atoms with E-state index in [1.54, 1.807) is 6.33 Å². The number of hydrogen-bond donors (Lipinski definition) is 1. The summed E-state index contributed by atoms with van der Waals surface area (Å²) < 4.78 is 0. The minimum atomic E-state index is 0.0918. The highest BCUT2D eigenvalue weighted by Crippen LogP contribution is 2.20. The smallest absolute Gasteiger partial charge is 0.129 e. The van der Waals surface area contributed by atoms with Gasteiger partial charge in [-0.2, -0.15) is 0 Å². The van der Waals surface area contributed by atoms with Gasteiger partial charge in [-0.05, 0) is 0 Å². The van der Waals surface area contributed by atoms with Crippen LogP contribution in [0.5, 0.6) is 0 Å². The Kier molecular flexibility index (Phi) is 2.31. The summed E-state index contributed by atoms with van der Waals surface area (Å²) in [6.07, 6.45) is 1.59. The van der Waals surface area contributed by atoms with E-state index in [9.17, 15) is 0 Å². The molecule has 0 saturated carbocycles. The van der Waals surface area contributed by atoms with Crippen LogP contribution >= 0.6 is 0 Å². The summed E-state index contributed by atoms with van der Waals surface area (Å²) in [6.45, 7) is 6.40. The van der Waals surface area contributed by atoms with Crippen LogP contribution < -0.4 is 5.32 Å². The predicted octanol–water partition coefficient (Wildman–Crippen LogP) is 1.82. The molecule has 0 aliphatic rings. The zero-order valence-electron chi connectivity index (χ0n) is 8.05. The lowest BCUT2D eigenvalue weighted by Crippen LogP contribution is -2.14. The van der Waals surface area contributed by atoms with Gasteiger partial charge in [-0.3, -0.25) is 0 Å². The van der Waals surface area contributed by atoms with Crippen LogP contribution in [0, 0.1) is 0 Å². The summed E-state index contributed by atoms with van der Waals surface area (Å²) in [6, 6.07) is 1.97. The lowest BCUT2D eigenvalue weighted by molar-refractivity contribution is 0.567. The molecule has 0 saturated heterocycles. The van der Waals surface area contributed by atoms with Gasteiger partial charge in [0.25, 0.3) is 0 Å². The third-order valence-electron chi connectivity index (χ3n) is 1.69. The van der Waals surface area contributed by atoms with Gasteiger partial charge in [0.05, 0.1) is 5.69 Å². The second-order valence-electron chi connectivity index (χ2n) is 3.79. The van der Waals surface area contributed by atoms with E-state index in [0.29, 0.717) is 0 Å². The molecule has 3 heteroatoms. The average molecular weight is 165 g/mol. The molecule has 0 bridgehead atoms. The van der Waals surface area contributed by atoms with E-state index in [1.807, 2.05) is 13.1 Å². The molecule has 0 fully saturated rings. The minimum absolute atomic E-state index is 0.0918. The van der Waals surface area contributed by atoms with Gasteiger partial charge in [0, 0.05) is 18.5 Å². The van der Waals surface area contributed by atoms with Gasteiger partial charge in [-0.1, -0.05) is 20.8 Å². The van der Waals surface area contributed by atoms with Crippen LogP contribution in [-0.4, -0.2) is 17.0 Å². The van der Waals surface area contributed by atoms with Gasteiger partial charge in [-0.15, -0.1) is 0 Å². The molecule has 0 spiro atoms. The van der Waals surface area contributed by atoms with Crippen molar-refractivity contribution in [3.8, 4) is 0 Å². The van der Waals surface area contributed by atoms with E-state index in [4.69, 9.17) is 0 Å². The number of nitrogens with one attached hydrogen (secondary N) is 1. The first-order valence-electron chi connectivity index (χ1n) is 4.04. The maximum atomic E-state index is 4.21. The molecule has 12 heavy (non-hydrogen) atoms. The molecule has 1 N–H and O–H groups in total. The Balaban J connectivity index is 3.02. The molecular weight excluding hydrogens is 150 g/mol. The molecule has 0 radical (unpaired) electrons. The van der Waals surface area contributed by atoms with Crippen LogP contribution in [0.3, 0.4) is 0 Å². The number of anilines is 1. The molecule has 0 amide bonds. The largest absolute Gasteiger partial charge is 0.373 e. The van der Waals surface area contributed by atoms with Gasteiger partial charge in [-0.25, -0.2) is 9.97 Å². The van der Waals surface area contributed by atoms with Crippen LogP contribution in [0.4, 0.5) is 5.82 Å². The van der Waals surface area contributed by atoms with E-state index in [0.717, 1.165) is 11.5 Å². The van der Waals surface area contributed by atoms with Crippen molar-refractivity contribution in [2.75, 3.05) is 12.4 Å². The molecule has 1 heterocycles. The Morgan fingerprint density at radius 3 is 2.42 bits per heavy atom. The molecule has 0 atom stereocenters. The van der Waals surface area contributed by atoms with Gasteiger partial charge in [0.15, 0.2) is 0 Å². The van der Waals surface area contributed by atoms with E-state index < -0.39 is 0 Å². The molecule has 1 aromatic rings. The zero-order chi connectivity index (χ0) is 9.19. The quantitative estimate of drug-likeness (QED) is 0.689. The van der Waals surface area contributed by atoms with Gasteiger partial charge < -0.3 is 5.32 Å². The molecular formula is C9H15N3. The zero-order valence-corrected chi connectivity index (χ0v) is 8.05. The van der Waals surface area contributed by atoms with Gasteiger partial charge in [0.1, 0.15) is 12.1 Å². The number of aromatic nitrogens is 2. The Bertz CT molecular complexity index is 263. The molecule has 1 aromatic heterocycles. The highest BCUT2D eigenvalue weighted by molar-refractivity contribution is 5.35. The fourth-order valence-corrected chi connectivity index (χ4v) is 0.904. The standard InChI is InChI=1S/C9H15N3/c1-9(2,3)7-5-8(10-4)12-6-11-7/h5-6H,1-4H3,(H,10,11,12). The summed E-state index contributed by atoms with van der Waals surface area (Å²) in [5.74, 6) is 0.870. The Morgan fingerprint density at radius 1 is 1.25 bits per heavy atom. The van der Waals surface area contributed by atoms with Crippen molar-refractivity contribution in [2.45, 2.75) is 26.2 Å². The summed E-state index contributed by atoms with van der Waals surface area (Å²) >= 11 is 0. The topological polar surface area (TPSA) is 37.8 Å². The van der Waals surface area contributed by atoms with E-state index in [-0.39, 0.29) is 5.41 Å². The molecule has 3 nitrogen and oxygen atoms in total. The molecule has 0 aliphatic carbocycles. The van der Waals surface area contributed by atoms with Crippen molar-refractivity contribution in [3.63, 3.8) is 0 Å². The number of nitrogens with zero attached hydrogens (tertiary/aromatic N) is 2. The lowest BCUT2D eigenvalue weighted by Gasteiger charge is -2.17. The van der Waals surface area contributed by atoms with Gasteiger partial charge >= 0.3 is 0 Å². The van der Waals surface area contributed by atoms with E-state index in [1.165, 1.54) is 0 Å². The molecule has 66 valence electrons. The fourth-order valence-electron chi connectivity index (χ4n) is 0.904. The lowest BCUT2D eigenvalue weighted by atomic mass is 9.92. The first kappa shape index (κ1) is 8.97. The minimum Gasteiger partial charge on any atom is -0.373 e. The van der Waals surface area contributed by atoms with Crippen molar-refractivity contribution >= 4 is 5.82 Å². The number of rotatable bonds is 1. The van der Waals surface area contributed by atoms with Gasteiger partial charge in [0.2, 0.25) is 0 Å². The van der Waals surface area contributed by atoms with Crippen molar-refractivity contribution in [2.24, 2.45) is 0 Å². The molecule has 0 unspecified atom stereocenters.